The van der Waals surface area contributed by atoms with Crippen LogP contribution < -0.4 is 5.32 Å². The highest BCUT2D eigenvalue weighted by Gasteiger charge is 2.14. The van der Waals surface area contributed by atoms with Crippen molar-refractivity contribution in [2.75, 3.05) is 0 Å². The van der Waals surface area contributed by atoms with E-state index in [4.69, 9.17) is 16.0 Å². The predicted molar refractivity (Wildman–Crippen MR) is 96.4 cm³/mol. The van der Waals surface area contributed by atoms with Gasteiger partial charge in [-0.2, -0.15) is 0 Å². The summed E-state index contributed by atoms with van der Waals surface area (Å²) in [5, 5.41) is 3.37. The van der Waals surface area contributed by atoms with Gasteiger partial charge >= 0.3 is 0 Å². The molecule has 124 valence electrons. The van der Waals surface area contributed by atoms with Crippen molar-refractivity contribution in [3.05, 3.63) is 77.3 Å². The zero-order valence-electron chi connectivity index (χ0n) is 13.1. The number of amides is 1. The molecule has 0 fully saturated rings. The molecule has 1 amide bonds. The third kappa shape index (κ3) is 3.14. The van der Waals surface area contributed by atoms with Crippen LogP contribution in [0.25, 0.3) is 22.4 Å². The molecule has 0 radical (unpaired) electrons. The quantitative estimate of drug-likeness (QED) is 0.572. The maximum atomic E-state index is 12.3. The van der Waals surface area contributed by atoms with Crippen LogP contribution in [0.4, 0.5) is 0 Å². The number of halogens is 1. The predicted octanol–water partition coefficient (Wildman–Crippen LogP) is 4.41. The summed E-state index contributed by atoms with van der Waals surface area (Å²) in [5.74, 6) is 1.16. The molecule has 0 aliphatic carbocycles. The van der Waals surface area contributed by atoms with Crippen LogP contribution in [0.1, 0.15) is 16.4 Å². The number of nitrogens with one attached hydrogen (secondary N) is 2. The molecule has 0 spiro atoms. The van der Waals surface area contributed by atoms with E-state index in [2.05, 4.69) is 15.3 Å². The third-order valence-electron chi connectivity index (χ3n) is 3.82. The van der Waals surface area contributed by atoms with Crippen LogP contribution in [0.3, 0.4) is 0 Å². The molecule has 25 heavy (non-hydrogen) atoms. The topological polar surface area (TPSA) is 70.9 Å². The zero-order chi connectivity index (χ0) is 17.2. The Morgan fingerprint density at radius 1 is 1.08 bits per heavy atom. The van der Waals surface area contributed by atoms with E-state index < -0.39 is 0 Å². The van der Waals surface area contributed by atoms with Crippen molar-refractivity contribution in [2.45, 2.75) is 6.54 Å². The number of fused-ring (bicyclic) bond motifs is 1. The van der Waals surface area contributed by atoms with E-state index in [1.807, 2.05) is 42.5 Å². The van der Waals surface area contributed by atoms with Crippen LogP contribution in [0.2, 0.25) is 5.02 Å². The normalized spacial score (nSPS) is 10.9. The summed E-state index contributed by atoms with van der Waals surface area (Å²) in [4.78, 5) is 19.9. The van der Waals surface area contributed by atoms with Gasteiger partial charge in [0.25, 0.3) is 5.91 Å². The minimum Gasteiger partial charge on any atom is -0.451 e. The summed E-state index contributed by atoms with van der Waals surface area (Å²) in [6.45, 7) is 0.287. The van der Waals surface area contributed by atoms with Gasteiger partial charge in [-0.05, 0) is 36.4 Å². The third-order valence-corrected chi connectivity index (χ3v) is 4.15. The van der Waals surface area contributed by atoms with Gasteiger partial charge in [-0.15, -0.1) is 0 Å². The van der Waals surface area contributed by atoms with Gasteiger partial charge in [0.2, 0.25) is 0 Å². The summed E-state index contributed by atoms with van der Waals surface area (Å²) in [5.41, 5.74) is 2.55. The Hall–Kier alpha value is -3.05. The molecule has 4 aromatic rings. The Bertz CT molecular complexity index is 1020. The molecule has 0 saturated carbocycles. The Morgan fingerprint density at radius 3 is 2.72 bits per heavy atom. The van der Waals surface area contributed by atoms with Gasteiger partial charge in [0.05, 0.1) is 22.6 Å². The maximum Gasteiger partial charge on any atom is 0.287 e. The molecule has 0 unspecified atom stereocenters. The number of hydrogen-bond donors (Lipinski definition) is 2. The Labute approximate surface area is 148 Å². The molecule has 2 aromatic carbocycles. The molecule has 0 bridgehead atoms. The molecular formula is C19H14ClN3O2. The van der Waals surface area contributed by atoms with Crippen molar-refractivity contribution in [2.24, 2.45) is 0 Å². The van der Waals surface area contributed by atoms with E-state index in [1.165, 1.54) is 0 Å². The molecular weight excluding hydrogens is 338 g/mol. The minimum atomic E-state index is -0.307. The van der Waals surface area contributed by atoms with Crippen molar-refractivity contribution >= 4 is 28.5 Å². The fourth-order valence-corrected chi connectivity index (χ4v) is 2.84. The standard InChI is InChI=1S/C19H14ClN3O2/c20-13-6-2-1-5-12(13)16-9-10-17(25-16)19(24)21-11-18-22-14-7-3-4-8-15(14)23-18/h1-10H,11H2,(H,21,24)(H,22,23). The average molecular weight is 352 g/mol. The van der Waals surface area contributed by atoms with E-state index >= 15 is 0 Å². The molecule has 0 aliphatic heterocycles. The summed E-state index contributed by atoms with van der Waals surface area (Å²) >= 11 is 6.15. The summed E-state index contributed by atoms with van der Waals surface area (Å²) < 4.78 is 5.63. The number of imidazole rings is 1. The van der Waals surface area contributed by atoms with Crippen LogP contribution in [-0.2, 0) is 6.54 Å². The lowest BCUT2D eigenvalue weighted by Crippen LogP contribution is -2.22. The van der Waals surface area contributed by atoms with E-state index in [1.54, 1.807) is 18.2 Å². The highest BCUT2D eigenvalue weighted by molar-refractivity contribution is 6.33. The summed E-state index contributed by atoms with van der Waals surface area (Å²) in [6, 6.07) is 18.4. The summed E-state index contributed by atoms with van der Waals surface area (Å²) in [7, 11) is 0. The number of para-hydroxylation sites is 2. The number of nitrogens with zero attached hydrogens (tertiary/aromatic N) is 1. The Morgan fingerprint density at radius 2 is 1.88 bits per heavy atom. The van der Waals surface area contributed by atoms with Gasteiger partial charge in [-0.3, -0.25) is 4.79 Å². The van der Waals surface area contributed by atoms with Crippen molar-refractivity contribution < 1.29 is 9.21 Å². The number of furan rings is 1. The number of carbonyl (C=O) groups excluding carboxylic acids is 1. The number of aromatic amines is 1. The number of H-pyrrole nitrogens is 1. The SMILES string of the molecule is O=C(NCc1nc2ccccc2[nH]1)c1ccc(-c2ccccc2Cl)o1. The molecule has 0 aliphatic rings. The zero-order valence-corrected chi connectivity index (χ0v) is 13.9. The van der Waals surface area contributed by atoms with E-state index in [0.29, 0.717) is 16.6 Å². The first-order chi connectivity index (χ1) is 12.2. The second-order valence-corrected chi connectivity index (χ2v) is 5.93. The second-order valence-electron chi connectivity index (χ2n) is 5.53. The number of carbonyl (C=O) groups is 1. The average Bonchev–Trinajstić information content (AvgIpc) is 3.27. The van der Waals surface area contributed by atoms with Crippen LogP contribution in [0.15, 0.2) is 65.1 Å². The lowest BCUT2D eigenvalue weighted by Gasteiger charge is -2.01. The van der Waals surface area contributed by atoms with Crippen LogP contribution in [-0.4, -0.2) is 15.9 Å². The van der Waals surface area contributed by atoms with Gasteiger partial charge in [0.15, 0.2) is 5.76 Å². The van der Waals surface area contributed by atoms with Gasteiger partial charge in [-0.25, -0.2) is 4.98 Å². The van der Waals surface area contributed by atoms with Gasteiger partial charge < -0.3 is 14.7 Å². The largest absolute Gasteiger partial charge is 0.451 e. The first-order valence-corrected chi connectivity index (χ1v) is 8.15. The fraction of sp³-hybridized carbons (Fsp3) is 0.0526. The van der Waals surface area contributed by atoms with Crippen LogP contribution in [0.5, 0.6) is 0 Å². The Kier molecular flexibility index (Phi) is 3.99. The molecule has 4 rings (SSSR count). The monoisotopic (exact) mass is 351 g/mol. The van der Waals surface area contributed by atoms with Gasteiger partial charge in [-0.1, -0.05) is 35.9 Å². The molecule has 5 nitrogen and oxygen atoms in total. The minimum absolute atomic E-state index is 0.228. The smallest absolute Gasteiger partial charge is 0.287 e. The van der Waals surface area contributed by atoms with Crippen molar-refractivity contribution in [3.63, 3.8) is 0 Å². The van der Waals surface area contributed by atoms with Gasteiger partial charge in [0.1, 0.15) is 11.6 Å². The molecule has 2 heterocycles. The number of hydrogen-bond acceptors (Lipinski definition) is 3. The molecule has 0 saturated heterocycles. The second kappa shape index (κ2) is 6.45. The van der Waals surface area contributed by atoms with Gasteiger partial charge in [0, 0.05) is 5.56 Å². The van der Waals surface area contributed by atoms with Crippen LogP contribution >= 0.6 is 11.6 Å². The molecule has 2 N–H and O–H groups in total. The fourth-order valence-electron chi connectivity index (χ4n) is 2.61. The maximum absolute atomic E-state index is 12.3. The van der Waals surface area contributed by atoms with Crippen LogP contribution in [0, 0.1) is 0 Å². The molecule has 2 aromatic heterocycles. The Balaban J connectivity index is 1.47. The first-order valence-electron chi connectivity index (χ1n) is 7.77. The highest BCUT2D eigenvalue weighted by Crippen LogP contribution is 2.29. The first kappa shape index (κ1) is 15.5. The molecule has 0 atom stereocenters. The van der Waals surface area contributed by atoms with E-state index in [0.717, 1.165) is 16.6 Å². The van der Waals surface area contributed by atoms with Crippen molar-refractivity contribution in [1.82, 2.24) is 15.3 Å². The number of aromatic nitrogens is 2. The number of rotatable bonds is 4. The van der Waals surface area contributed by atoms with E-state index in [9.17, 15) is 4.79 Å². The lowest BCUT2D eigenvalue weighted by atomic mass is 10.2. The molecule has 6 heteroatoms. The summed E-state index contributed by atoms with van der Waals surface area (Å²) in [6.07, 6.45) is 0. The van der Waals surface area contributed by atoms with Crippen molar-refractivity contribution in [1.29, 1.82) is 0 Å². The highest BCUT2D eigenvalue weighted by atomic mass is 35.5. The van der Waals surface area contributed by atoms with E-state index in [-0.39, 0.29) is 18.2 Å². The lowest BCUT2D eigenvalue weighted by molar-refractivity contribution is 0.0923. The van der Waals surface area contributed by atoms with Crippen molar-refractivity contribution in [3.8, 4) is 11.3 Å². The number of benzene rings is 2.